The second-order valence-corrected chi connectivity index (χ2v) is 5.39. The summed E-state index contributed by atoms with van der Waals surface area (Å²) in [5.74, 6) is 0.257. The Bertz CT molecular complexity index is 404. The molecule has 0 fully saturated rings. The van der Waals surface area contributed by atoms with Gasteiger partial charge in [0.15, 0.2) is 12.4 Å². The van der Waals surface area contributed by atoms with Gasteiger partial charge in [-0.2, -0.15) is 0 Å². The van der Waals surface area contributed by atoms with Crippen LogP contribution in [0, 0.1) is 0 Å². The first-order chi connectivity index (χ1) is 8.54. The molecule has 0 aromatic heterocycles. The van der Waals surface area contributed by atoms with Crippen molar-refractivity contribution in [3.05, 3.63) is 26.7 Å². The van der Waals surface area contributed by atoms with Gasteiger partial charge in [0, 0.05) is 11.6 Å². The molecule has 0 saturated heterocycles. The Morgan fingerprint density at radius 3 is 2.78 bits per heavy atom. The number of rotatable bonds is 6. The predicted molar refractivity (Wildman–Crippen MR) is 77.6 cm³/mol. The van der Waals surface area contributed by atoms with E-state index in [1.807, 2.05) is 0 Å². The van der Waals surface area contributed by atoms with E-state index in [2.05, 4.69) is 28.2 Å². The van der Waals surface area contributed by atoms with Crippen molar-refractivity contribution in [1.29, 1.82) is 0 Å². The van der Waals surface area contributed by atoms with Crippen molar-refractivity contribution >= 4 is 45.0 Å². The standard InChI is InChI=1S/C12H14BrCl2NO2/c1-2-3-4-16-11(17)7-18-12-9(13)5-8(14)6-10(12)15/h5-6H,2-4,7H2,1H3,(H,16,17). The number of hydrogen-bond donors (Lipinski definition) is 1. The maximum Gasteiger partial charge on any atom is 0.257 e. The lowest BCUT2D eigenvalue weighted by molar-refractivity contribution is -0.123. The molecule has 0 aliphatic heterocycles. The van der Waals surface area contributed by atoms with Gasteiger partial charge in [0.25, 0.3) is 5.91 Å². The lowest BCUT2D eigenvalue weighted by atomic mass is 10.3. The SMILES string of the molecule is CCCCNC(=O)COc1c(Cl)cc(Cl)cc1Br. The van der Waals surface area contributed by atoms with Crippen LogP contribution in [0.15, 0.2) is 16.6 Å². The number of benzene rings is 1. The average Bonchev–Trinajstić information content (AvgIpc) is 2.27. The Kier molecular flexibility index (Phi) is 6.82. The minimum absolute atomic E-state index is 0.0658. The van der Waals surface area contributed by atoms with Gasteiger partial charge in [-0.3, -0.25) is 4.79 Å². The molecule has 0 bridgehead atoms. The fourth-order valence-corrected chi connectivity index (χ4v) is 2.63. The lowest BCUT2D eigenvalue weighted by Gasteiger charge is -2.10. The highest BCUT2D eigenvalue weighted by Crippen LogP contribution is 2.35. The van der Waals surface area contributed by atoms with Crippen LogP contribution in [0.25, 0.3) is 0 Å². The summed E-state index contributed by atoms with van der Waals surface area (Å²) in [6.07, 6.45) is 1.99. The molecule has 0 heterocycles. The first-order valence-electron chi connectivity index (χ1n) is 5.58. The lowest BCUT2D eigenvalue weighted by Crippen LogP contribution is -2.29. The predicted octanol–water partition coefficient (Wildman–Crippen LogP) is 4.05. The molecule has 100 valence electrons. The number of hydrogen-bond acceptors (Lipinski definition) is 2. The number of carbonyl (C=O) groups excluding carboxylic acids is 1. The van der Waals surface area contributed by atoms with Crippen molar-refractivity contribution < 1.29 is 9.53 Å². The molecule has 0 aliphatic rings. The van der Waals surface area contributed by atoms with E-state index in [4.69, 9.17) is 27.9 Å². The molecular formula is C12H14BrCl2NO2. The van der Waals surface area contributed by atoms with Crippen LogP contribution < -0.4 is 10.1 Å². The van der Waals surface area contributed by atoms with Gasteiger partial charge in [0.2, 0.25) is 0 Å². The van der Waals surface area contributed by atoms with Crippen molar-refractivity contribution in [2.45, 2.75) is 19.8 Å². The number of ether oxygens (including phenoxy) is 1. The molecule has 1 aromatic rings. The molecule has 1 N–H and O–H groups in total. The fourth-order valence-electron chi connectivity index (χ4n) is 1.26. The van der Waals surface area contributed by atoms with Crippen LogP contribution in [-0.4, -0.2) is 19.1 Å². The van der Waals surface area contributed by atoms with Crippen LogP contribution in [-0.2, 0) is 4.79 Å². The summed E-state index contributed by atoms with van der Waals surface area (Å²) in [4.78, 5) is 11.5. The van der Waals surface area contributed by atoms with Crippen LogP contribution in [0.3, 0.4) is 0 Å². The van der Waals surface area contributed by atoms with E-state index in [0.717, 1.165) is 12.8 Å². The van der Waals surface area contributed by atoms with Crippen LogP contribution in [0.2, 0.25) is 10.0 Å². The van der Waals surface area contributed by atoms with Gasteiger partial charge in [-0.05, 0) is 34.5 Å². The molecule has 1 rings (SSSR count). The van der Waals surface area contributed by atoms with Crippen LogP contribution in [0.5, 0.6) is 5.75 Å². The van der Waals surface area contributed by atoms with Crippen LogP contribution in [0.4, 0.5) is 0 Å². The van der Waals surface area contributed by atoms with Crippen molar-refractivity contribution in [2.24, 2.45) is 0 Å². The highest BCUT2D eigenvalue weighted by Gasteiger charge is 2.10. The smallest absolute Gasteiger partial charge is 0.257 e. The van der Waals surface area contributed by atoms with Gasteiger partial charge >= 0.3 is 0 Å². The van der Waals surface area contributed by atoms with Crippen molar-refractivity contribution in [1.82, 2.24) is 5.32 Å². The summed E-state index contributed by atoms with van der Waals surface area (Å²) in [6, 6.07) is 3.23. The zero-order chi connectivity index (χ0) is 13.5. The molecule has 18 heavy (non-hydrogen) atoms. The summed E-state index contributed by atoms with van der Waals surface area (Å²) in [6.45, 7) is 2.66. The molecule has 3 nitrogen and oxygen atoms in total. The monoisotopic (exact) mass is 353 g/mol. The van der Waals surface area contributed by atoms with E-state index in [-0.39, 0.29) is 12.5 Å². The second kappa shape index (κ2) is 7.87. The number of carbonyl (C=O) groups is 1. The summed E-state index contributed by atoms with van der Waals surface area (Å²) in [7, 11) is 0. The van der Waals surface area contributed by atoms with Gasteiger partial charge in [-0.1, -0.05) is 36.5 Å². The Hall–Kier alpha value is -0.450. The second-order valence-electron chi connectivity index (χ2n) is 3.69. The van der Waals surface area contributed by atoms with Crippen molar-refractivity contribution in [3.8, 4) is 5.75 Å². The van der Waals surface area contributed by atoms with E-state index in [9.17, 15) is 4.79 Å². The molecule has 0 saturated carbocycles. The molecule has 1 aromatic carbocycles. The van der Waals surface area contributed by atoms with Gasteiger partial charge in [-0.15, -0.1) is 0 Å². The van der Waals surface area contributed by atoms with E-state index in [0.29, 0.717) is 26.8 Å². The first kappa shape index (κ1) is 15.6. The summed E-state index contributed by atoms with van der Waals surface area (Å²) < 4.78 is 5.99. The summed E-state index contributed by atoms with van der Waals surface area (Å²) in [5, 5.41) is 3.63. The zero-order valence-electron chi connectivity index (χ0n) is 9.93. The number of amides is 1. The van der Waals surface area contributed by atoms with E-state index < -0.39 is 0 Å². The van der Waals surface area contributed by atoms with Crippen molar-refractivity contribution in [3.63, 3.8) is 0 Å². The van der Waals surface area contributed by atoms with Gasteiger partial charge in [0.1, 0.15) is 0 Å². The fraction of sp³-hybridized carbons (Fsp3) is 0.417. The van der Waals surface area contributed by atoms with Crippen molar-refractivity contribution in [2.75, 3.05) is 13.2 Å². The zero-order valence-corrected chi connectivity index (χ0v) is 13.0. The van der Waals surface area contributed by atoms with Crippen LogP contribution >= 0.6 is 39.1 Å². The number of halogens is 3. The van der Waals surface area contributed by atoms with E-state index in [1.165, 1.54) is 0 Å². The molecule has 1 amide bonds. The number of unbranched alkanes of at least 4 members (excludes halogenated alkanes) is 1. The molecule has 0 unspecified atom stereocenters. The maximum atomic E-state index is 11.5. The van der Waals surface area contributed by atoms with E-state index >= 15 is 0 Å². The highest BCUT2D eigenvalue weighted by atomic mass is 79.9. The molecular weight excluding hydrogens is 341 g/mol. The summed E-state index contributed by atoms with van der Waals surface area (Å²) in [5.41, 5.74) is 0. The van der Waals surface area contributed by atoms with Gasteiger partial charge < -0.3 is 10.1 Å². The largest absolute Gasteiger partial charge is 0.481 e. The minimum atomic E-state index is -0.165. The quantitative estimate of drug-likeness (QED) is 0.782. The minimum Gasteiger partial charge on any atom is -0.481 e. The van der Waals surface area contributed by atoms with Gasteiger partial charge in [-0.25, -0.2) is 0 Å². The highest BCUT2D eigenvalue weighted by molar-refractivity contribution is 9.10. The van der Waals surface area contributed by atoms with E-state index in [1.54, 1.807) is 12.1 Å². The summed E-state index contributed by atoms with van der Waals surface area (Å²) >= 11 is 15.1. The third kappa shape index (κ3) is 5.04. The normalized spacial score (nSPS) is 10.2. The maximum absolute atomic E-state index is 11.5. The Morgan fingerprint density at radius 2 is 2.17 bits per heavy atom. The molecule has 0 atom stereocenters. The topological polar surface area (TPSA) is 38.3 Å². The Labute approximate surface area is 125 Å². The third-order valence-corrected chi connectivity index (χ3v) is 3.25. The average molecular weight is 355 g/mol. The molecule has 6 heteroatoms. The third-order valence-electron chi connectivity index (χ3n) is 2.16. The van der Waals surface area contributed by atoms with Crippen LogP contribution in [0.1, 0.15) is 19.8 Å². The molecule has 0 radical (unpaired) electrons. The Balaban J connectivity index is 2.51. The molecule has 0 aliphatic carbocycles. The first-order valence-corrected chi connectivity index (χ1v) is 7.13. The molecule has 0 spiro atoms. The van der Waals surface area contributed by atoms with Gasteiger partial charge in [0.05, 0.1) is 9.50 Å². The number of nitrogens with one attached hydrogen (secondary N) is 1. The Morgan fingerprint density at radius 1 is 1.44 bits per heavy atom.